The van der Waals surface area contributed by atoms with Crippen LogP contribution in [0.1, 0.15) is 24.5 Å². The van der Waals surface area contributed by atoms with Crippen molar-refractivity contribution in [3.8, 4) is 0 Å². The van der Waals surface area contributed by atoms with Gasteiger partial charge in [-0.15, -0.1) is 0 Å². The molecule has 0 fully saturated rings. The van der Waals surface area contributed by atoms with Crippen LogP contribution in [-0.4, -0.2) is 11.3 Å². The highest BCUT2D eigenvalue weighted by atomic mass is 19.4. The highest BCUT2D eigenvalue weighted by molar-refractivity contribution is 5.18. The molecule has 15 heavy (non-hydrogen) atoms. The van der Waals surface area contributed by atoms with Crippen molar-refractivity contribution in [2.24, 2.45) is 0 Å². The quantitative estimate of drug-likeness (QED) is 0.778. The number of aliphatic hydroxyl groups is 1. The lowest BCUT2D eigenvalue weighted by atomic mass is 10.1. The molecular formula is C10H10F4O. The van der Waals surface area contributed by atoms with E-state index in [1.807, 2.05) is 0 Å². The molecule has 0 bridgehead atoms. The molecule has 0 amide bonds. The molecule has 1 rings (SSSR count). The van der Waals surface area contributed by atoms with Crippen LogP contribution in [0.2, 0.25) is 0 Å². The predicted octanol–water partition coefficient (Wildman–Crippen LogP) is 3.20. The standard InChI is InChI=1S/C10H10F4O/c11-8-3-1-7(2-4-8)9(15)5-6-10(12,13)14/h1-4,9,15H,5-6H2. The Kier molecular flexibility index (Phi) is 3.68. The van der Waals surface area contributed by atoms with Crippen molar-refractivity contribution >= 4 is 0 Å². The Morgan fingerprint density at radius 2 is 1.67 bits per heavy atom. The Morgan fingerprint density at radius 1 is 1.13 bits per heavy atom. The number of halogens is 4. The highest BCUT2D eigenvalue weighted by Gasteiger charge is 2.28. The minimum atomic E-state index is -4.28. The van der Waals surface area contributed by atoms with Gasteiger partial charge in [0.25, 0.3) is 0 Å². The third-order valence-electron chi connectivity index (χ3n) is 1.96. The summed E-state index contributed by atoms with van der Waals surface area (Å²) in [5, 5.41) is 9.35. The molecule has 0 aliphatic heterocycles. The number of hydrogen-bond donors (Lipinski definition) is 1. The number of aliphatic hydroxyl groups excluding tert-OH is 1. The average Bonchev–Trinajstić information content (AvgIpc) is 2.14. The van der Waals surface area contributed by atoms with Gasteiger partial charge in [-0.3, -0.25) is 0 Å². The van der Waals surface area contributed by atoms with Gasteiger partial charge in [0.15, 0.2) is 0 Å². The van der Waals surface area contributed by atoms with Gasteiger partial charge in [0, 0.05) is 6.42 Å². The predicted molar refractivity (Wildman–Crippen MR) is 46.6 cm³/mol. The number of hydrogen-bond acceptors (Lipinski definition) is 1. The molecule has 1 aromatic carbocycles. The van der Waals surface area contributed by atoms with Gasteiger partial charge in [-0.1, -0.05) is 12.1 Å². The first kappa shape index (κ1) is 12.0. The summed E-state index contributed by atoms with van der Waals surface area (Å²) < 4.78 is 47.9. The molecular weight excluding hydrogens is 212 g/mol. The second-order valence-electron chi connectivity index (χ2n) is 3.22. The van der Waals surface area contributed by atoms with E-state index < -0.39 is 30.9 Å². The second-order valence-corrected chi connectivity index (χ2v) is 3.22. The SMILES string of the molecule is OC(CCC(F)(F)F)c1ccc(F)cc1. The van der Waals surface area contributed by atoms with Crippen molar-refractivity contribution in [1.82, 2.24) is 0 Å². The molecule has 5 heteroatoms. The minimum absolute atomic E-state index is 0.292. The van der Waals surface area contributed by atoms with Crippen molar-refractivity contribution in [1.29, 1.82) is 0 Å². The molecule has 1 unspecified atom stereocenters. The highest BCUT2D eigenvalue weighted by Crippen LogP contribution is 2.27. The van der Waals surface area contributed by atoms with Gasteiger partial charge in [-0.05, 0) is 24.1 Å². The fraction of sp³-hybridized carbons (Fsp3) is 0.400. The van der Waals surface area contributed by atoms with Gasteiger partial charge in [0.1, 0.15) is 5.82 Å². The minimum Gasteiger partial charge on any atom is -0.388 e. The van der Waals surface area contributed by atoms with Crippen LogP contribution in [0.15, 0.2) is 24.3 Å². The van der Waals surface area contributed by atoms with E-state index >= 15 is 0 Å². The molecule has 1 nitrogen and oxygen atoms in total. The van der Waals surface area contributed by atoms with Gasteiger partial charge in [-0.25, -0.2) is 4.39 Å². The maximum atomic E-state index is 12.5. The third kappa shape index (κ3) is 4.29. The first-order chi connectivity index (χ1) is 6.88. The molecule has 0 saturated carbocycles. The van der Waals surface area contributed by atoms with Gasteiger partial charge in [0.05, 0.1) is 6.10 Å². The van der Waals surface area contributed by atoms with Crippen molar-refractivity contribution in [2.75, 3.05) is 0 Å². The summed E-state index contributed by atoms with van der Waals surface area (Å²) in [5.74, 6) is -0.484. The molecule has 1 atom stereocenters. The average molecular weight is 222 g/mol. The first-order valence-corrected chi connectivity index (χ1v) is 4.39. The summed E-state index contributed by atoms with van der Waals surface area (Å²) in [6.07, 6.45) is -6.94. The van der Waals surface area contributed by atoms with Crippen molar-refractivity contribution < 1.29 is 22.7 Å². The van der Waals surface area contributed by atoms with Crippen molar-refractivity contribution in [2.45, 2.75) is 25.1 Å². The van der Waals surface area contributed by atoms with E-state index in [0.29, 0.717) is 5.56 Å². The van der Waals surface area contributed by atoms with E-state index in [1.54, 1.807) is 0 Å². The largest absolute Gasteiger partial charge is 0.389 e. The van der Waals surface area contributed by atoms with Gasteiger partial charge in [0.2, 0.25) is 0 Å². The molecule has 0 saturated heterocycles. The molecule has 0 radical (unpaired) electrons. The summed E-state index contributed by atoms with van der Waals surface area (Å²) in [5.41, 5.74) is 0.292. The van der Waals surface area contributed by atoms with Crippen LogP contribution in [-0.2, 0) is 0 Å². The summed E-state index contributed by atoms with van der Waals surface area (Å²) in [7, 11) is 0. The van der Waals surface area contributed by atoms with E-state index in [-0.39, 0.29) is 0 Å². The monoisotopic (exact) mass is 222 g/mol. The summed E-state index contributed by atoms with van der Waals surface area (Å²) >= 11 is 0. The lowest BCUT2D eigenvalue weighted by molar-refractivity contribution is -0.140. The van der Waals surface area contributed by atoms with Crippen LogP contribution in [0.4, 0.5) is 17.6 Å². The molecule has 0 aliphatic carbocycles. The van der Waals surface area contributed by atoms with Crippen LogP contribution in [0, 0.1) is 5.82 Å². The fourth-order valence-electron chi connectivity index (χ4n) is 1.15. The lowest BCUT2D eigenvalue weighted by Crippen LogP contribution is -2.10. The Labute approximate surface area is 84.3 Å². The normalized spacial score (nSPS) is 13.9. The Hall–Kier alpha value is -1.10. The molecule has 1 N–H and O–H groups in total. The maximum absolute atomic E-state index is 12.5. The maximum Gasteiger partial charge on any atom is 0.389 e. The molecule has 84 valence electrons. The molecule has 0 aromatic heterocycles. The van der Waals surface area contributed by atoms with E-state index in [9.17, 15) is 22.7 Å². The van der Waals surface area contributed by atoms with E-state index in [1.165, 1.54) is 12.1 Å². The van der Waals surface area contributed by atoms with Crippen LogP contribution in [0.25, 0.3) is 0 Å². The van der Waals surface area contributed by atoms with E-state index in [4.69, 9.17) is 0 Å². The second kappa shape index (κ2) is 4.61. The molecule has 1 aromatic rings. The van der Waals surface area contributed by atoms with Crippen LogP contribution in [0.3, 0.4) is 0 Å². The molecule has 0 spiro atoms. The number of benzene rings is 1. The van der Waals surface area contributed by atoms with Crippen LogP contribution >= 0.6 is 0 Å². The number of rotatable bonds is 3. The van der Waals surface area contributed by atoms with Crippen molar-refractivity contribution in [3.63, 3.8) is 0 Å². The van der Waals surface area contributed by atoms with Crippen LogP contribution in [0.5, 0.6) is 0 Å². The third-order valence-corrected chi connectivity index (χ3v) is 1.96. The summed E-state index contributed by atoms with van der Waals surface area (Å²) in [6, 6.07) is 4.75. The Bertz CT molecular complexity index is 304. The van der Waals surface area contributed by atoms with Gasteiger partial charge in [-0.2, -0.15) is 13.2 Å². The van der Waals surface area contributed by atoms with E-state index in [2.05, 4.69) is 0 Å². The number of alkyl halides is 3. The smallest absolute Gasteiger partial charge is 0.388 e. The fourth-order valence-corrected chi connectivity index (χ4v) is 1.15. The zero-order valence-corrected chi connectivity index (χ0v) is 7.76. The molecule has 0 aliphatic rings. The van der Waals surface area contributed by atoms with Gasteiger partial charge < -0.3 is 5.11 Å². The van der Waals surface area contributed by atoms with E-state index in [0.717, 1.165) is 12.1 Å². The Balaban J connectivity index is 2.54. The van der Waals surface area contributed by atoms with Crippen molar-refractivity contribution in [3.05, 3.63) is 35.6 Å². The summed E-state index contributed by atoms with van der Waals surface area (Å²) in [4.78, 5) is 0. The zero-order chi connectivity index (χ0) is 11.5. The van der Waals surface area contributed by atoms with Crippen LogP contribution < -0.4 is 0 Å². The van der Waals surface area contributed by atoms with Gasteiger partial charge >= 0.3 is 6.18 Å². The Morgan fingerprint density at radius 3 is 2.13 bits per heavy atom. The topological polar surface area (TPSA) is 20.2 Å². The lowest BCUT2D eigenvalue weighted by Gasteiger charge is -2.12. The first-order valence-electron chi connectivity index (χ1n) is 4.39. The molecule has 0 heterocycles. The summed E-state index contributed by atoms with van der Waals surface area (Å²) in [6.45, 7) is 0. The zero-order valence-electron chi connectivity index (χ0n) is 7.76.